The van der Waals surface area contributed by atoms with Crippen LogP contribution in [0, 0.1) is 11.3 Å². The fourth-order valence-electron chi connectivity index (χ4n) is 1.67. The standard InChI is InChI=1S/C16H11BrClNO3/c17-14-7-13(18)4-5-15(14)21-10-16(20)22-9-12-3-1-2-11(6-12)8-19/h1-7H,9-10H2. The van der Waals surface area contributed by atoms with Gasteiger partial charge in [0.15, 0.2) is 6.61 Å². The fourth-order valence-corrected chi connectivity index (χ4v) is 2.46. The molecule has 2 aromatic carbocycles. The van der Waals surface area contributed by atoms with E-state index >= 15 is 0 Å². The molecule has 0 N–H and O–H groups in total. The van der Waals surface area contributed by atoms with Crippen LogP contribution in [0.2, 0.25) is 5.02 Å². The quantitative estimate of drug-likeness (QED) is 0.733. The predicted octanol–water partition coefficient (Wildman–Crippen LogP) is 4.10. The van der Waals surface area contributed by atoms with E-state index in [1.54, 1.807) is 42.5 Å². The SMILES string of the molecule is N#Cc1cccc(COC(=O)COc2ccc(Cl)cc2Br)c1. The summed E-state index contributed by atoms with van der Waals surface area (Å²) in [5.41, 5.74) is 1.27. The maximum Gasteiger partial charge on any atom is 0.344 e. The van der Waals surface area contributed by atoms with Gasteiger partial charge in [-0.2, -0.15) is 5.26 Å². The Bertz CT molecular complexity index is 728. The molecule has 0 unspecified atom stereocenters. The summed E-state index contributed by atoms with van der Waals surface area (Å²) < 4.78 is 11.1. The van der Waals surface area contributed by atoms with Crippen molar-refractivity contribution in [1.82, 2.24) is 0 Å². The first-order chi connectivity index (χ1) is 10.6. The van der Waals surface area contributed by atoms with Gasteiger partial charge < -0.3 is 9.47 Å². The van der Waals surface area contributed by atoms with Crippen LogP contribution in [0.3, 0.4) is 0 Å². The van der Waals surface area contributed by atoms with E-state index in [0.717, 1.165) is 5.56 Å². The van der Waals surface area contributed by atoms with Crippen molar-refractivity contribution in [1.29, 1.82) is 5.26 Å². The summed E-state index contributed by atoms with van der Waals surface area (Å²) in [5.74, 6) is 0.0111. The van der Waals surface area contributed by atoms with Crippen LogP contribution in [0.1, 0.15) is 11.1 Å². The van der Waals surface area contributed by atoms with Gasteiger partial charge in [0.1, 0.15) is 12.4 Å². The topological polar surface area (TPSA) is 59.3 Å². The summed E-state index contributed by atoms with van der Waals surface area (Å²) in [4.78, 5) is 11.7. The maximum absolute atomic E-state index is 11.7. The highest BCUT2D eigenvalue weighted by molar-refractivity contribution is 9.10. The highest BCUT2D eigenvalue weighted by Gasteiger charge is 2.08. The lowest BCUT2D eigenvalue weighted by molar-refractivity contribution is -0.147. The average molecular weight is 381 g/mol. The summed E-state index contributed by atoms with van der Waals surface area (Å²) in [7, 11) is 0. The van der Waals surface area contributed by atoms with Crippen molar-refractivity contribution >= 4 is 33.5 Å². The van der Waals surface area contributed by atoms with E-state index in [1.165, 1.54) is 0 Å². The highest BCUT2D eigenvalue weighted by Crippen LogP contribution is 2.27. The number of hydrogen-bond acceptors (Lipinski definition) is 4. The number of nitrogens with zero attached hydrogens (tertiary/aromatic N) is 1. The van der Waals surface area contributed by atoms with Gasteiger partial charge in [-0.05, 0) is 51.8 Å². The van der Waals surface area contributed by atoms with Crippen LogP contribution in [-0.4, -0.2) is 12.6 Å². The normalized spacial score (nSPS) is 9.86. The number of carbonyl (C=O) groups is 1. The Kier molecular flexibility index (Phi) is 5.82. The van der Waals surface area contributed by atoms with Crippen molar-refractivity contribution in [3.63, 3.8) is 0 Å². The molecule has 2 aromatic rings. The smallest absolute Gasteiger partial charge is 0.344 e. The fraction of sp³-hybridized carbons (Fsp3) is 0.125. The lowest BCUT2D eigenvalue weighted by Gasteiger charge is -2.09. The van der Waals surface area contributed by atoms with Crippen LogP contribution in [-0.2, 0) is 16.1 Å². The van der Waals surface area contributed by atoms with Crippen LogP contribution in [0.5, 0.6) is 5.75 Å². The largest absolute Gasteiger partial charge is 0.481 e. The van der Waals surface area contributed by atoms with Gasteiger partial charge in [-0.1, -0.05) is 23.7 Å². The maximum atomic E-state index is 11.7. The monoisotopic (exact) mass is 379 g/mol. The van der Waals surface area contributed by atoms with E-state index < -0.39 is 5.97 Å². The van der Waals surface area contributed by atoms with Crippen molar-refractivity contribution in [2.75, 3.05) is 6.61 Å². The number of carbonyl (C=O) groups excluding carboxylic acids is 1. The first-order valence-corrected chi connectivity index (χ1v) is 7.48. The van der Waals surface area contributed by atoms with Gasteiger partial charge >= 0.3 is 5.97 Å². The molecule has 22 heavy (non-hydrogen) atoms. The number of esters is 1. The molecule has 0 saturated heterocycles. The Morgan fingerprint density at radius 2 is 2.09 bits per heavy atom. The number of benzene rings is 2. The molecule has 112 valence electrons. The third-order valence-corrected chi connectivity index (χ3v) is 3.55. The second-order valence-electron chi connectivity index (χ2n) is 4.34. The Balaban J connectivity index is 1.84. The van der Waals surface area contributed by atoms with Crippen molar-refractivity contribution in [2.45, 2.75) is 6.61 Å². The van der Waals surface area contributed by atoms with E-state index in [-0.39, 0.29) is 13.2 Å². The van der Waals surface area contributed by atoms with Gasteiger partial charge in [-0.15, -0.1) is 0 Å². The Hall–Kier alpha value is -2.03. The predicted molar refractivity (Wildman–Crippen MR) is 85.6 cm³/mol. The van der Waals surface area contributed by atoms with Gasteiger partial charge in [-0.25, -0.2) is 4.79 Å². The zero-order valence-electron chi connectivity index (χ0n) is 11.4. The van der Waals surface area contributed by atoms with Crippen molar-refractivity contribution in [3.8, 4) is 11.8 Å². The molecule has 4 nitrogen and oxygen atoms in total. The van der Waals surface area contributed by atoms with Gasteiger partial charge in [-0.3, -0.25) is 0 Å². The molecule has 0 aliphatic rings. The molecule has 0 bridgehead atoms. The Morgan fingerprint density at radius 1 is 1.27 bits per heavy atom. The first-order valence-electron chi connectivity index (χ1n) is 6.31. The zero-order chi connectivity index (χ0) is 15.9. The second-order valence-corrected chi connectivity index (χ2v) is 5.63. The molecule has 0 atom stereocenters. The third-order valence-electron chi connectivity index (χ3n) is 2.70. The average Bonchev–Trinajstić information content (AvgIpc) is 2.52. The number of rotatable bonds is 5. The lowest BCUT2D eigenvalue weighted by Crippen LogP contribution is -2.15. The van der Waals surface area contributed by atoms with E-state index in [0.29, 0.717) is 20.8 Å². The summed E-state index contributed by atoms with van der Waals surface area (Å²) in [6, 6.07) is 13.9. The lowest BCUT2D eigenvalue weighted by atomic mass is 10.1. The van der Waals surface area contributed by atoms with Crippen molar-refractivity contribution in [3.05, 3.63) is 63.1 Å². The molecule has 0 fully saturated rings. The van der Waals surface area contributed by atoms with Crippen molar-refractivity contribution < 1.29 is 14.3 Å². The zero-order valence-corrected chi connectivity index (χ0v) is 13.7. The van der Waals surface area contributed by atoms with Gasteiger partial charge in [0.25, 0.3) is 0 Å². The third kappa shape index (κ3) is 4.76. The summed E-state index contributed by atoms with van der Waals surface area (Å²) >= 11 is 9.12. The molecular formula is C16H11BrClNO3. The molecule has 6 heteroatoms. The second kappa shape index (κ2) is 7.83. The molecule has 0 amide bonds. The van der Waals surface area contributed by atoms with E-state index in [1.807, 2.05) is 6.07 Å². The molecule has 0 aliphatic carbocycles. The molecule has 0 radical (unpaired) electrons. The Morgan fingerprint density at radius 3 is 2.82 bits per heavy atom. The van der Waals surface area contributed by atoms with Crippen LogP contribution in [0.15, 0.2) is 46.9 Å². The van der Waals surface area contributed by atoms with Gasteiger partial charge in [0.05, 0.1) is 16.1 Å². The summed E-state index contributed by atoms with van der Waals surface area (Å²) in [5, 5.41) is 9.37. The number of halogens is 2. The van der Waals surface area contributed by atoms with Crippen molar-refractivity contribution in [2.24, 2.45) is 0 Å². The minimum atomic E-state index is -0.496. The first kappa shape index (κ1) is 16.3. The van der Waals surface area contributed by atoms with Gasteiger partial charge in [0, 0.05) is 5.02 Å². The summed E-state index contributed by atoms with van der Waals surface area (Å²) in [6.07, 6.45) is 0. The molecule has 0 aliphatic heterocycles. The Labute approximate surface area is 141 Å². The van der Waals surface area contributed by atoms with E-state index in [4.69, 9.17) is 26.3 Å². The van der Waals surface area contributed by atoms with E-state index in [2.05, 4.69) is 15.9 Å². The minimum absolute atomic E-state index is 0.0967. The molecule has 0 spiro atoms. The molecule has 0 saturated carbocycles. The number of ether oxygens (including phenoxy) is 2. The van der Waals surface area contributed by atoms with Crippen LogP contribution < -0.4 is 4.74 Å². The minimum Gasteiger partial charge on any atom is -0.481 e. The van der Waals surface area contributed by atoms with Crippen LogP contribution in [0.4, 0.5) is 0 Å². The van der Waals surface area contributed by atoms with Crippen LogP contribution in [0.25, 0.3) is 0 Å². The molecule has 2 rings (SSSR count). The highest BCUT2D eigenvalue weighted by atomic mass is 79.9. The number of hydrogen-bond donors (Lipinski definition) is 0. The molecule has 0 heterocycles. The molecular weight excluding hydrogens is 370 g/mol. The summed E-state index contributed by atoms with van der Waals surface area (Å²) in [6.45, 7) is -0.113. The van der Waals surface area contributed by atoms with E-state index in [9.17, 15) is 4.79 Å². The van der Waals surface area contributed by atoms with Crippen LogP contribution >= 0.6 is 27.5 Å². The van der Waals surface area contributed by atoms with Gasteiger partial charge in [0.2, 0.25) is 0 Å². The number of nitriles is 1. The molecule has 0 aromatic heterocycles.